The first-order valence-corrected chi connectivity index (χ1v) is 13.3. The van der Waals surface area contributed by atoms with Crippen molar-refractivity contribution in [3.63, 3.8) is 0 Å². The third-order valence-corrected chi connectivity index (χ3v) is 5.75. The van der Waals surface area contributed by atoms with Gasteiger partial charge in [0.05, 0.1) is 0 Å². The summed E-state index contributed by atoms with van der Waals surface area (Å²) in [6.45, 7) is 9.02. The fourth-order valence-electron chi connectivity index (χ4n) is 3.32. The smallest absolute Gasteiger partial charge is 0.323 e. The van der Waals surface area contributed by atoms with Crippen LogP contribution in [0.3, 0.4) is 0 Å². The number of hydrogen-bond donors (Lipinski definition) is 1. The molecule has 0 spiro atoms. The summed E-state index contributed by atoms with van der Waals surface area (Å²) in [5, 5.41) is 0. The molecule has 0 bridgehead atoms. The molecule has 37 heavy (non-hydrogen) atoms. The lowest BCUT2D eigenvalue weighted by atomic mass is 10.1. The quantitative estimate of drug-likeness (QED) is 0.174. The monoisotopic (exact) mass is 521 g/mol. The first-order valence-electron chi connectivity index (χ1n) is 13.3. The van der Waals surface area contributed by atoms with Gasteiger partial charge in [-0.15, -0.1) is 0 Å². The molecular weight excluding hydrogens is 478 g/mol. The molecule has 9 heteroatoms. The second kappa shape index (κ2) is 17.5. The SMILES string of the molecule is CCCCCC(=O)Oc1ccc(C[C@H](N)C(=O)O[C@@H](C)[C@H](C)OC(=O)CC)cc1OC(=O)CCCCC. The van der Waals surface area contributed by atoms with Crippen LogP contribution in [0.4, 0.5) is 0 Å². The molecule has 0 amide bonds. The highest BCUT2D eigenvalue weighted by Gasteiger charge is 2.24. The zero-order valence-electron chi connectivity index (χ0n) is 22.9. The normalized spacial score (nSPS) is 13.2. The van der Waals surface area contributed by atoms with Crippen molar-refractivity contribution in [3.8, 4) is 11.5 Å². The Balaban J connectivity index is 2.91. The van der Waals surface area contributed by atoms with Crippen molar-refractivity contribution >= 4 is 23.9 Å². The molecule has 1 rings (SSSR count). The van der Waals surface area contributed by atoms with E-state index >= 15 is 0 Å². The molecule has 9 nitrogen and oxygen atoms in total. The molecule has 0 aliphatic heterocycles. The van der Waals surface area contributed by atoms with Crippen LogP contribution < -0.4 is 15.2 Å². The van der Waals surface area contributed by atoms with E-state index in [0.29, 0.717) is 18.4 Å². The van der Waals surface area contributed by atoms with E-state index in [-0.39, 0.29) is 43.2 Å². The molecule has 0 heterocycles. The highest BCUT2D eigenvalue weighted by atomic mass is 16.6. The topological polar surface area (TPSA) is 131 Å². The van der Waals surface area contributed by atoms with Gasteiger partial charge in [-0.3, -0.25) is 19.2 Å². The van der Waals surface area contributed by atoms with Crippen molar-refractivity contribution < 1.29 is 38.1 Å². The Labute approximate surface area is 220 Å². The van der Waals surface area contributed by atoms with Gasteiger partial charge in [-0.2, -0.15) is 0 Å². The van der Waals surface area contributed by atoms with Crippen LogP contribution >= 0.6 is 0 Å². The van der Waals surface area contributed by atoms with Crippen LogP contribution in [0.5, 0.6) is 11.5 Å². The third-order valence-electron chi connectivity index (χ3n) is 5.75. The van der Waals surface area contributed by atoms with Gasteiger partial charge in [-0.05, 0) is 50.8 Å². The molecule has 0 aromatic heterocycles. The predicted molar refractivity (Wildman–Crippen MR) is 139 cm³/mol. The Morgan fingerprint density at radius 3 is 1.84 bits per heavy atom. The number of unbranched alkanes of at least 4 members (excludes halogenated alkanes) is 4. The van der Waals surface area contributed by atoms with Gasteiger partial charge in [0.1, 0.15) is 18.2 Å². The van der Waals surface area contributed by atoms with E-state index in [0.717, 1.165) is 25.7 Å². The lowest BCUT2D eigenvalue weighted by Gasteiger charge is -2.22. The number of rotatable bonds is 17. The standard InChI is InChI=1S/C28H43NO8/c1-6-9-11-13-26(31)36-23-16-15-21(18-24(23)37-27(32)14-12-10-7-2)17-22(29)28(33)35-20(5)19(4)34-25(30)8-3/h15-16,18-20,22H,6-14,17,29H2,1-5H3/t19-,20-,22-/m0/s1. The van der Waals surface area contributed by atoms with E-state index in [2.05, 4.69) is 0 Å². The van der Waals surface area contributed by atoms with Crippen molar-refractivity contribution in [2.24, 2.45) is 5.73 Å². The molecule has 0 radical (unpaired) electrons. The first kappa shape index (κ1) is 32.1. The molecule has 0 fully saturated rings. The van der Waals surface area contributed by atoms with Gasteiger partial charge in [-0.25, -0.2) is 0 Å². The number of esters is 4. The van der Waals surface area contributed by atoms with Crippen LogP contribution in [0, 0.1) is 0 Å². The molecule has 3 atom stereocenters. The molecule has 1 aromatic carbocycles. The zero-order chi connectivity index (χ0) is 27.8. The second-order valence-electron chi connectivity index (χ2n) is 9.14. The van der Waals surface area contributed by atoms with E-state index < -0.39 is 36.2 Å². The summed E-state index contributed by atoms with van der Waals surface area (Å²) in [6, 6.07) is 3.74. The Kier molecular flexibility index (Phi) is 15.2. The highest BCUT2D eigenvalue weighted by Crippen LogP contribution is 2.30. The van der Waals surface area contributed by atoms with E-state index in [4.69, 9.17) is 24.7 Å². The van der Waals surface area contributed by atoms with Crippen molar-refractivity contribution in [2.75, 3.05) is 0 Å². The largest absolute Gasteiger partial charge is 0.459 e. The van der Waals surface area contributed by atoms with Gasteiger partial charge in [0, 0.05) is 19.3 Å². The maximum absolute atomic E-state index is 12.5. The Bertz CT molecular complexity index is 885. The maximum atomic E-state index is 12.5. The second-order valence-corrected chi connectivity index (χ2v) is 9.14. The summed E-state index contributed by atoms with van der Waals surface area (Å²) in [7, 11) is 0. The molecule has 0 aliphatic rings. The summed E-state index contributed by atoms with van der Waals surface area (Å²) in [5.74, 6) is -1.62. The van der Waals surface area contributed by atoms with Gasteiger partial charge < -0.3 is 24.7 Å². The molecule has 208 valence electrons. The summed E-state index contributed by atoms with van der Waals surface area (Å²) in [6.07, 6.45) is 4.71. The highest BCUT2D eigenvalue weighted by molar-refractivity contribution is 5.77. The zero-order valence-corrected chi connectivity index (χ0v) is 22.9. The average Bonchev–Trinajstić information content (AvgIpc) is 2.85. The van der Waals surface area contributed by atoms with E-state index in [9.17, 15) is 19.2 Å². The maximum Gasteiger partial charge on any atom is 0.323 e. The van der Waals surface area contributed by atoms with Crippen LogP contribution in [-0.4, -0.2) is 42.1 Å². The average molecular weight is 522 g/mol. The summed E-state index contributed by atoms with van der Waals surface area (Å²) < 4.78 is 21.5. The van der Waals surface area contributed by atoms with Gasteiger partial charge >= 0.3 is 23.9 Å². The predicted octanol–water partition coefficient (Wildman–Crippen LogP) is 4.80. The number of carbonyl (C=O) groups excluding carboxylic acids is 4. The molecule has 0 aliphatic carbocycles. The van der Waals surface area contributed by atoms with Crippen LogP contribution in [0.1, 0.15) is 98.0 Å². The fourth-order valence-corrected chi connectivity index (χ4v) is 3.32. The third kappa shape index (κ3) is 12.7. The lowest BCUT2D eigenvalue weighted by molar-refractivity contribution is -0.166. The minimum atomic E-state index is -1.01. The van der Waals surface area contributed by atoms with Crippen molar-refractivity contribution in [1.82, 2.24) is 0 Å². The van der Waals surface area contributed by atoms with Crippen LogP contribution in [0.2, 0.25) is 0 Å². The van der Waals surface area contributed by atoms with Crippen molar-refractivity contribution in [1.29, 1.82) is 0 Å². The Hall–Kier alpha value is -2.94. The van der Waals surface area contributed by atoms with Crippen LogP contribution in [-0.2, 0) is 35.1 Å². The fraction of sp³-hybridized carbons (Fsp3) is 0.643. The van der Waals surface area contributed by atoms with Crippen molar-refractivity contribution in [2.45, 2.75) is 117 Å². The molecule has 0 saturated carbocycles. The molecule has 2 N–H and O–H groups in total. The number of nitrogens with two attached hydrogens (primary N) is 1. The van der Waals surface area contributed by atoms with E-state index in [1.807, 2.05) is 13.8 Å². The Morgan fingerprint density at radius 2 is 1.30 bits per heavy atom. The molecule has 1 aromatic rings. The Morgan fingerprint density at radius 1 is 0.757 bits per heavy atom. The van der Waals surface area contributed by atoms with Gasteiger partial charge in [-0.1, -0.05) is 52.5 Å². The minimum absolute atomic E-state index is 0.0970. The number of benzene rings is 1. The van der Waals surface area contributed by atoms with E-state index in [1.54, 1.807) is 32.9 Å². The lowest BCUT2D eigenvalue weighted by Crippen LogP contribution is -2.39. The number of ether oxygens (including phenoxy) is 4. The van der Waals surface area contributed by atoms with Gasteiger partial charge in [0.2, 0.25) is 0 Å². The van der Waals surface area contributed by atoms with Crippen LogP contribution in [0.25, 0.3) is 0 Å². The number of carbonyl (C=O) groups is 4. The molecular formula is C28H43NO8. The summed E-state index contributed by atoms with van der Waals surface area (Å²) in [5.41, 5.74) is 6.67. The minimum Gasteiger partial charge on any atom is -0.459 e. The summed E-state index contributed by atoms with van der Waals surface area (Å²) in [4.78, 5) is 48.6. The van der Waals surface area contributed by atoms with Gasteiger partial charge in [0.15, 0.2) is 11.5 Å². The first-order chi connectivity index (χ1) is 17.6. The van der Waals surface area contributed by atoms with Gasteiger partial charge in [0.25, 0.3) is 0 Å². The van der Waals surface area contributed by atoms with Crippen molar-refractivity contribution in [3.05, 3.63) is 23.8 Å². The van der Waals surface area contributed by atoms with E-state index in [1.165, 1.54) is 6.07 Å². The number of hydrogen-bond acceptors (Lipinski definition) is 9. The van der Waals surface area contributed by atoms with Crippen LogP contribution in [0.15, 0.2) is 18.2 Å². The molecule has 0 saturated heterocycles. The summed E-state index contributed by atoms with van der Waals surface area (Å²) >= 11 is 0. The molecule has 0 unspecified atom stereocenters.